The number of hydrogen-bond acceptors (Lipinski definition) is 3. The molecule has 0 aromatic heterocycles. The van der Waals surface area contributed by atoms with Gasteiger partial charge < -0.3 is 20.5 Å². The summed E-state index contributed by atoms with van der Waals surface area (Å²) in [5.41, 5.74) is 3.94. The number of urea groups is 1. The molecule has 110 valence electrons. The van der Waals surface area contributed by atoms with Gasteiger partial charge >= 0.3 is 12.0 Å². The standard InChI is InChI=1S/C14H20N2O4/c1-9-6-10(2)13(11(3)7-9)16-14(19)15-4-5-20-8-12(17)18/h6-7H,4-5,8H2,1-3H3,(H,17,18)(H2,15,16,19). The first-order valence-electron chi connectivity index (χ1n) is 6.32. The maximum absolute atomic E-state index is 11.7. The molecule has 0 radical (unpaired) electrons. The first-order valence-corrected chi connectivity index (χ1v) is 6.32. The Labute approximate surface area is 118 Å². The number of carboxylic acid groups (broad SMARTS) is 1. The van der Waals surface area contributed by atoms with Crippen LogP contribution in [0.15, 0.2) is 12.1 Å². The summed E-state index contributed by atoms with van der Waals surface area (Å²) < 4.78 is 4.82. The van der Waals surface area contributed by atoms with Crippen molar-refractivity contribution >= 4 is 17.7 Å². The lowest BCUT2D eigenvalue weighted by molar-refractivity contribution is -0.142. The average molecular weight is 280 g/mol. The number of carbonyl (C=O) groups excluding carboxylic acids is 1. The van der Waals surface area contributed by atoms with Crippen molar-refractivity contribution in [1.82, 2.24) is 5.32 Å². The first kappa shape index (κ1) is 16.0. The highest BCUT2D eigenvalue weighted by atomic mass is 16.5. The predicted octanol–water partition coefficient (Wildman–Crippen LogP) is 1.83. The Morgan fingerprint density at radius 3 is 2.35 bits per heavy atom. The molecule has 3 N–H and O–H groups in total. The number of aryl methyl sites for hydroxylation is 3. The van der Waals surface area contributed by atoms with E-state index in [2.05, 4.69) is 10.6 Å². The van der Waals surface area contributed by atoms with E-state index in [0.717, 1.165) is 22.4 Å². The van der Waals surface area contributed by atoms with Crippen LogP contribution in [0.5, 0.6) is 0 Å². The van der Waals surface area contributed by atoms with Crippen molar-refractivity contribution in [3.05, 3.63) is 28.8 Å². The number of carbonyl (C=O) groups is 2. The molecule has 1 aromatic carbocycles. The summed E-state index contributed by atoms with van der Waals surface area (Å²) in [6, 6.07) is 3.66. The minimum atomic E-state index is -1.03. The highest BCUT2D eigenvalue weighted by molar-refractivity contribution is 5.91. The lowest BCUT2D eigenvalue weighted by Gasteiger charge is -2.13. The summed E-state index contributed by atoms with van der Waals surface area (Å²) in [6.45, 7) is 5.93. The van der Waals surface area contributed by atoms with Crippen molar-refractivity contribution in [3.8, 4) is 0 Å². The van der Waals surface area contributed by atoms with Crippen LogP contribution < -0.4 is 10.6 Å². The molecule has 1 rings (SSSR count). The molecule has 2 amide bonds. The zero-order valence-electron chi connectivity index (χ0n) is 11.9. The number of carboxylic acids is 1. The number of ether oxygens (including phenoxy) is 1. The SMILES string of the molecule is Cc1cc(C)c(NC(=O)NCCOCC(=O)O)c(C)c1. The Kier molecular flexibility index (Phi) is 5.99. The van der Waals surface area contributed by atoms with E-state index in [1.165, 1.54) is 0 Å². The molecular formula is C14H20N2O4. The minimum absolute atomic E-state index is 0.158. The summed E-state index contributed by atoms with van der Waals surface area (Å²) in [7, 11) is 0. The summed E-state index contributed by atoms with van der Waals surface area (Å²) in [4.78, 5) is 21.9. The van der Waals surface area contributed by atoms with E-state index in [-0.39, 0.29) is 25.8 Å². The van der Waals surface area contributed by atoms with E-state index < -0.39 is 5.97 Å². The zero-order valence-corrected chi connectivity index (χ0v) is 11.9. The van der Waals surface area contributed by atoms with Gasteiger partial charge in [-0.05, 0) is 31.9 Å². The van der Waals surface area contributed by atoms with E-state index in [4.69, 9.17) is 9.84 Å². The van der Waals surface area contributed by atoms with Crippen molar-refractivity contribution in [3.63, 3.8) is 0 Å². The second-order valence-corrected chi connectivity index (χ2v) is 4.60. The van der Waals surface area contributed by atoms with Crippen molar-refractivity contribution in [1.29, 1.82) is 0 Å². The third-order valence-electron chi connectivity index (χ3n) is 2.67. The number of benzene rings is 1. The number of rotatable bonds is 6. The van der Waals surface area contributed by atoms with Gasteiger partial charge in [0, 0.05) is 12.2 Å². The summed E-state index contributed by atoms with van der Waals surface area (Å²) in [5.74, 6) is -1.03. The molecule has 6 heteroatoms. The number of aliphatic carboxylic acids is 1. The van der Waals surface area contributed by atoms with E-state index >= 15 is 0 Å². The topological polar surface area (TPSA) is 87.7 Å². The molecule has 0 bridgehead atoms. The fraction of sp³-hybridized carbons (Fsp3) is 0.429. The van der Waals surface area contributed by atoms with Crippen LogP contribution in [0.1, 0.15) is 16.7 Å². The van der Waals surface area contributed by atoms with Crippen LogP contribution in [0.25, 0.3) is 0 Å². The number of nitrogens with one attached hydrogen (secondary N) is 2. The van der Waals surface area contributed by atoms with Gasteiger partial charge in [-0.25, -0.2) is 9.59 Å². The molecular weight excluding hydrogens is 260 g/mol. The summed E-state index contributed by atoms with van der Waals surface area (Å²) in [5, 5.41) is 13.8. The second-order valence-electron chi connectivity index (χ2n) is 4.60. The number of anilines is 1. The van der Waals surface area contributed by atoms with Crippen molar-refractivity contribution < 1.29 is 19.4 Å². The molecule has 0 atom stereocenters. The lowest BCUT2D eigenvalue weighted by atomic mass is 10.1. The van der Waals surface area contributed by atoms with Crippen molar-refractivity contribution in [2.75, 3.05) is 25.1 Å². The molecule has 0 unspecified atom stereocenters. The van der Waals surface area contributed by atoms with Crippen LogP contribution in [-0.2, 0) is 9.53 Å². The van der Waals surface area contributed by atoms with Crippen molar-refractivity contribution in [2.24, 2.45) is 0 Å². The van der Waals surface area contributed by atoms with Gasteiger partial charge in [-0.15, -0.1) is 0 Å². The minimum Gasteiger partial charge on any atom is -0.480 e. The average Bonchev–Trinajstić information content (AvgIpc) is 2.33. The normalized spacial score (nSPS) is 10.2. The Bertz CT molecular complexity index is 477. The smallest absolute Gasteiger partial charge is 0.329 e. The predicted molar refractivity (Wildman–Crippen MR) is 76.1 cm³/mol. The molecule has 0 saturated heterocycles. The molecule has 0 heterocycles. The third kappa shape index (κ3) is 5.27. The van der Waals surface area contributed by atoms with Crippen LogP contribution in [0.2, 0.25) is 0 Å². The van der Waals surface area contributed by atoms with Crippen LogP contribution in [0.3, 0.4) is 0 Å². The maximum Gasteiger partial charge on any atom is 0.329 e. The van der Waals surface area contributed by atoms with Crippen LogP contribution in [-0.4, -0.2) is 36.9 Å². The highest BCUT2D eigenvalue weighted by Crippen LogP contribution is 2.21. The second kappa shape index (κ2) is 7.49. The molecule has 20 heavy (non-hydrogen) atoms. The van der Waals surface area contributed by atoms with Gasteiger partial charge in [0.25, 0.3) is 0 Å². The van der Waals surface area contributed by atoms with Gasteiger partial charge in [-0.1, -0.05) is 17.7 Å². The number of hydrogen-bond donors (Lipinski definition) is 3. The lowest BCUT2D eigenvalue weighted by Crippen LogP contribution is -2.32. The van der Waals surface area contributed by atoms with Gasteiger partial charge in [0.2, 0.25) is 0 Å². The van der Waals surface area contributed by atoms with Crippen molar-refractivity contribution in [2.45, 2.75) is 20.8 Å². The van der Waals surface area contributed by atoms with Crippen LogP contribution in [0.4, 0.5) is 10.5 Å². The molecule has 1 aromatic rings. The molecule has 0 aliphatic rings. The fourth-order valence-corrected chi connectivity index (χ4v) is 1.93. The quantitative estimate of drug-likeness (QED) is 0.694. The van der Waals surface area contributed by atoms with E-state index in [9.17, 15) is 9.59 Å². The van der Waals surface area contributed by atoms with Gasteiger partial charge in [0.05, 0.1) is 6.61 Å². The first-order chi connectivity index (χ1) is 9.40. The fourth-order valence-electron chi connectivity index (χ4n) is 1.93. The molecule has 0 saturated carbocycles. The number of amides is 2. The molecule has 0 spiro atoms. The van der Waals surface area contributed by atoms with E-state index in [1.54, 1.807) is 0 Å². The van der Waals surface area contributed by atoms with Gasteiger partial charge in [0.1, 0.15) is 6.61 Å². The van der Waals surface area contributed by atoms with Gasteiger partial charge in [-0.2, -0.15) is 0 Å². The van der Waals surface area contributed by atoms with Crippen LogP contribution >= 0.6 is 0 Å². The molecule has 6 nitrogen and oxygen atoms in total. The highest BCUT2D eigenvalue weighted by Gasteiger charge is 2.07. The molecule has 0 aliphatic heterocycles. The van der Waals surface area contributed by atoms with Crippen LogP contribution in [0, 0.1) is 20.8 Å². The molecule has 0 fully saturated rings. The summed E-state index contributed by atoms with van der Waals surface area (Å²) >= 11 is 0. The van der Waals surface area contributed by atoms with E-state index in [1.807, 2.05) is 32.9 Å². The Balaban J connectivity index is 2.41. The maximum atomic E-state index is 11.7. The van der Waals surface area contributed by atoms with E-state index in [0.29, 0.717) is 0 Å². The Morgan fingerprint density at radius 2 is 1.80 bits per heavy atom. The van der Waals surface area contributed by atoms with Gasteiger partial charge in [0.15, 0.2) is 0 Å². The Hall–Kier alpha value is -2.08. The third-order valence-corrected chi connectivity index (χ3v) is 2.67. The summed E-state index contributed by atoms with van der Waals surface area (Å²) in [6.07, 6.45) is 0. The monoisotopic (exact) mass is 280 g/mol. The molecule has 0 aliphatic carbocycles. The largest absolute Gasteiger partial charge is 0.480 e. The Morgan fingerprint density at radius 1 is 1.20 bits per heavy atom. The van der Waals surface area contributed by atoms with Gasteiger partial charge in [-0.3, -0.25) is 0 Å². The zero-order chi connectivity index (χ0) is 15.1.